The molecule has 2 rings (SSSR count). The molecule has 1 aromatic rings. The van der Waals surface area contributed by atoms with E-state index < -0.39 is 0 Å². The Bertz CT molecular complexity index is 531. The van der Waals surface area contributed by atoms with Crippen LogP contribution in [0.5, 0.6) is 0 Å². The van der Waals surface area contributed by atoms with Gasteiger partial charge in [0.1, 0.15) is 13.2 Å². The van der Waals surface area contributed by atoms with E-state index in [0.717, 1.165) is 43.2 Å². The number of unbranched alkanes of at least 4 members (excludes halogenated alkanes) is 2. The van der Waals surface area contributed by atoms with Gasteiger partial charge in [-0.05, 0) is 25.1 Å². The van der Waals surface area contributed by atoms with Crippen LogP contribution in [0.4, 0.5) is 0 Å². The number of ether oxygens (including phenoxy) is 2. The van der Waals surface area contributed by atoms with Gasteiger partial charge in [0.05, 0.1) is 24.2 Å². The molecule has 1 aromatic heterocycles. The molecule has 1 aliphatic heterocycles. The van der Waals surface area contributed by atoms with Gasteiger partial charge in [0.15, 0.2) is 0 Å². The minimum absolute atomic E-state index is 0.124. The van der Waals surface area contributed by atoms with Crippen LogP contribution >= 0.6 is 0 Å². The molecule has 1 aliphatic rings. The Labute approximate surface area is 163 Å². The Morgan fingerprint density at radius 1 is 1.00 bits per heavy atom. The predicted molar refractivity (Wildman–Crippen MR) is 90.2 cm³/mol. The average Bonchev–Trinajstić information content (AvgIpc) is 2.63. The number of carbonyl (C=O) groups excluding carboxylic acids is 2. The summed E-state index contributed by atoms with van der Waals surface area (Å²) in [5, 5.41) is 0. The number of hydrogen-bond donors (Lipinski definition) is 0. The van der Waals surface area contributed by atoms with E-state index in [4.69, 9.17) is 13.1 Å². The summed E-state index contributed by atoms with van der Waals surface area (Å²) in [4.78, 5) is 30.3. The molecular weight excluding hydrogens is 375 g/mol. The Kier molecular flexibility index (Phi) is 11.8. The third-order valence-corrected chi connectivity index (χ3v) is 3.93. The van der Waals surface area contributed by atoms with Crippen LogP contribution in [0, 0.1) is 0 Å². The molecule has 0 N–H and O–H groups in total. The van der Waals surface area contributed by atoms with Gasteiger partial charge >= 0.3 is 33.0 Å². The normalized spacial score (nSPS) is 16.5. The number of nitrogens with zero attached hydrogens (tertiary/aromatic N) is 2. The second-order valence-corrected chi connectivity index (χ2v) is 5.96. The molecule has 0 spiro atoms. The average molecular weight is 401 g/mol. The van der Waals surface area contributed by atoms with Crippen molar-refractivity contribution in [1.82, 2.24) is 9.88 Å². The Morgan fingerprint density at radius 3 is 2.04 bits per heavy atom. The molecule has 0 aliphatic carbocycles. The van der Waals surface area contributed by atoms with Gasteiger partial charge in [0.2, 0.25) is 0 Å². The molecule has 2 bridgehead atoms. The number of cyclic esters (lactones) is 2. The molecule has 143 valence electrons. The first-order chi connectivity index (χ1) is 12.7. The maximum absolute atomic E-state index is 11.9. The van der Waals surface area contributed by atoms with E-state index in [2.05, 4.69) is 16.8 Å². The van der Waals surface area contributed by atoms with Crippen molar-refractivity contribution in [1.29, 1.82) is 0 Å². The van der Waals surface area contributed by atoms with Crippen molar-refractivity contribution in [2.75, 3.05) is 32.8 Å². The van der Waals surface area contributed by atoms with Crippen LogP contribution in [-0.2, 0) is 52.9 Å². The van der Waals surface area contributed by atoms with Crippen LogP contribution < -0.4 is 0 Å². The predicted octanol–water partition coefficient (Wildman–Crippen LogP) is 1.64. The monoisotopic (exact) mass is 401 g/mol. The molecule has 0 atom stereocenters. The van der Waals surface area contributed by atoms with Gasteiger partial charge in [0, 0.05) is 13.1 Å². The van der Waals surface area contributed by atoms with Crippen molar-refractivity contribution in [3.05, 3.63) is 29.6 Å². The zero-order valence-electron chi connectivity index (χ0n) is 15.2. The molecule has 0 saturated heterocycles. The Hall–Kier alpha value is -1.57. The molecule has 0 aromatic carbocycles. The zero-order valence-corrected chi connectivity index (χ0v) is 16.6. The summed E-state index contributed by atoms with van der Waals surface area (Å²) in [6.45, 7) is 5.08. The topological polar surface area (TPSA) is 85.8 Å². The van der Waals surface area contributed by atoms with Gasteiger partial charge in [-0.15, -0.1) is 0 Å². The summed E-state index contributed by atoms with van der Waals surface area (Å²) in [6, 6.07) is 5.32. The summed E-state index contributed by atoms with van der Waals surface area (Å²) < 4.78 is 18.8. The number of rotatable bonds is 4. The van der Waals surface area contributed by atoms with Gasteiger partial charge in [-0.25, -0.2) is 0 Å². The fraction of sp³-hybridized carbons (Fsp3) is 0.611. The van der Waals surface area contributed by atoms with Gasteiger partial charge < -0.3 is 9.47 Å². The minimum atomic E-state index is -0.284. The first-order valence-electron chi connectivity index (χ1n) is 8.84. The summed E-state index contributed by atoms with van der Waals surface area (Å²) >= 11 is 1.06. The Balaban J connectivity index is 0.00000163. The summed E-state index contributed by atoms with van der Waals surface area (Å²) in [7, 11) is 0. The van der Waals surface area contributed by atoms with Crippen molar-refractivity contribution >= 4 is 11.9 Å². The maximum atomic E-state index is 11.9. The molecule has 0 saturated carbocycles. The molecule has 0 amide bonds. The second kappa shape index (κ2) is 13.6. The number of hydrogen-bond acceptors (Lipinski definition) is 7. The van der Waals surface area contributed by atoms with E-state index in [1.807, 2.05) is 0 Å². The first-order valence-corrected chi connectivity index (χ1v) is 9.41. The van der Waals surface area contributed by atoms with E-state index in [9.17, 15) is 9.59 Å². The van der Waals surface area contributed by atoms with Crippen molar-refractivity contribution in [2.45, 2.75) is 39.0 Å². The number of carbonyl (C=O) groups is 2. The Morgan fingerprint density at radius 2 is 1.54 bits per heavy atom. The van der Waals surface area contributed by atoms with E-state index in [-0.39, 0.29) is 24.8 Å². The van der Waals surface area contributed by atoms with Crippen LogP contribution in [0.2, 0.25) is 0 Å². The molecule has 0 unspecified atom stereocenters. The molecule has 8 heteroatoms. The molecule has 7 nitrogen and oxygen atoms in total. The summed E-state index contributed by atoms with van der Waals surface area (Å²) in [5.41, 5.74) is 1.23. The van der Waals surface area contributed by atoms with Crippen molar-refractivity contribution in [2.24, 2.45) is 0 Å². The van der Waals surface area contributed by atoms with Gasteiger partial charge in [-0.1, -0.05) is 25.8 Å². The third kappa shape index (κ3) is 9.22. The number of pyridine rings is 1. The summed E-state index contributed by atoms with van der Waals surface area (Å²) in [6.07, 6.45) is 3.66. The molecule has 0 radical (unpaired) electrons. The van der Waals surface area contributed by atoms with Gasteiger partial charge in [-0.3, -0.25) is 19.5 Å². The second-order valence-electron chi connectivity index (χ2n) is 5.96. The number of fused-ring (bicyclic) bond motifs is 2. The van der Waals surface area contributed by atoms with Crippen molar-refractivity contribution < 1.29 is 40.1 Å². The van der Waals surface area contributed by atoms with Crippen LogP contribution in [0.1, 0.15) is 37.6 Å². The molecule has 26 heavy (non-hydrogen) atoms. The fourth-order valence-electron chi connectivity index (χ4n) is 2.62. The number of esters is 2. The molecule has 2 heterocycles. The zero-order chi connectivity index (χ0) is 19.2. The van der Waals surface area contributed by atoms with E-state index in [1.54, 1.807) is 18.2 Å². The van der Waals surface area contributed by atoms with E-state index in [0.29, 0.717) is 37.7 Å². The molecule has 0 fully saturated rings. The summed E-state index contributed by atoms with van der Waals surface area (Å²) in [5.74, 6) is -0.569. The van der Waals surface area contributed by atoms with Gasteiger partial charge in [0.25, 0.3) is 0 Å². The van der Waals surface area contributed by atoms with E-state index >= 15 is 0 Å². The third-order valence-electron chi connectivity index (χ3n) is 3.93. The number of aromatic nitrogens is 1. The quantitative estimate of drug-likeness (QED) is 0.560. The first kappa shape index (κ1) is 22.5. The van der Waals surface area contributed by atoms with Crippen molar-refractivity contribution in [3.63, 3.8) is 0 Å². The van der Waals surface area contributed by atoms with Crippen LogP contribution in [0.25, 0.3) is 0 Å². The van der Waals surface area contributed by atoms with Crippen molar-refractivity contribution in [3.8, 4) is 0 Å². The van der Waals surface area contributed by atoms with Crippen LogP contribution in [0.3, 0.4) is 0 Å². The van der Waals surface area contributed by atoms with E-state index in [1.165, 1.54) is 0 Å². The van der Waals surface area contributed by atoms with Crippen LogP contribution in [-0.4, -0.2) is 54.7 Å². The molecular formula is C18H26N2O5V. The van der Waals surface area contributed by atoms with Gasteiger partial charge in [-0.2, -0.15) is 0 Å². The standard InChI is InChI=1S/C18H26N2O4.O.V/c1-2-3-4-8-20-9-11-23-17(21)13-15-6-5-7-16(19-15)14-18(22)24-12-10-20;;/h5-7H,2-4,8-14H2,1H3;;. The SMILES string of the molecule is CCCCCN1CCOC(=O)Cc2cccc(n2)CC(=O)OCC1.[O]=[V]. The fourth-order valence-corrected chi connectivity index (χ4v) is 2.62. The van der Waals surface area contributed by atoms with Crippen LogP contribution in [0.15, 0.2) is 18.2 Å².